The number of aromatic nitrogens is 1. The molecule has 0 aliphatic rings. The second kappa shape index (κ2) is 6.64. The Morgan fingerprint density at radius 1 is 1.22 bits per heavy atom. The van der Waals surface area contributed by atoms with Crippen LogP contribution in [0.15, 0.2) is 35.7 Å². The first-order valence-electron chi connectivity index (χ1n) is 6.08. The Labute approximate surface area is 112 Å². The summed E-state index contributed by atoms with van der Waals surface area (Å²) in [4.78, 5) is 6.88. The van der Waals surface area contributed by atoms with Gasteiger partial charge < -0.3 is 5.32 Å². The summed E-state index contributed by atoms with van der Waals surface area (Å²) in [6, 6.07) is 10.5. The van der Waals surface area contributed by atoms with E-state index < -0.39 is 0 Å². The van der Waals surface area contributed by atoms with E-state index in [2.05, 4.69) is 51.9 Å². The van der Waals surface area contributed by atoms with E-state index in [0.717, 1.165) is 30.3 Å². The zero-order valence-corrected chi connectivity index (χ0v) is 11.7. The summed E-state index contributed by atoms with van der Waals surface area (Å²) in [7, 11) is 4.08. The lowest BCUT2D eigenvalue weighted by Gasteiger charge is -2.15. The number of hydrogen-bond acceptors (Lipinski definition) is 4. The highest BCUT2D eigenvalue weighted by atomic mass is 32.1. The predicted molar refractivity (Wildman–Crippen MR) is 76.5 cm³/mol. The van der Waals surface area contributed by atoms with Crippen molar-refractivity contribution in [3.63, 3.8) is 0 Å². The number of nitrogens with one attached hydrogen (secondary N) is 1. The van der Waals surface area contributed by atoms with E-state index in [1.807, 2.05) is 13.1 Å². The van der Waals surface area contributed by atoms with Gasteiger partial charge in [0.25, 0.3) is 0 Å². The van der Waals surface area contributed by atoms with Crippen LogP contribution in [0, 0.1) is 0 Å². The van der Waals surface area contributed by atoms with Crippen molar-refractivity contribution in [2.24, 2.45) is 0 Å². The molecule has 1 aromatic carbocycles. The molecule has 1 aromatic heterocycles. The van der Waals surface area contributed by atoms with Crippen LogP contribution in [0.4, 0.5) is 0 Å². The maximum Gasteiger partial charge on any atom is 0.107 e. The zero-order chi connectivity index (χ0) is 12.8. The molecule has 0 atom stereocenters. The van der Waals surface area contributed by atoms with Crippen LogP contribution >= 0.6 is 11.3 Å². The molecule has 0 bridgehead atoms. The number of hydrogen-bond donors (Lipinski definition) is 1. The summed E-state index contributed by atoms with van der Waals surface area (Å²) in [6.45, 7) is 2.71. The summed E-state index contributed by atoms with van der Waals surface area (Å²) in [5, 5.41) is 6.43. The highest BCUT2D eigenvalue weighted by Gasteiger charge is 2.05. The van der Waals surface area contributed by atoms with Crippen LogP contribution in [-0.2, 0) is 19.6 Å². The van der Waals surface area contributed by atoms with Crippen molar-refractivity contribution >= 4 is 11.3 Å². The van der Waals surface area contributed by atoms with Crippen molar-refractivity contribution in [1.29, 1.82) is 0 Å². The summed E-state index contributed by atoms with van der Waals surface area (Å²) in [5.74, 6) is 0. The second-order valence-electron chi connectivity index (χ2n) is 4.42. The molecule has 0 saturated carbocycles. The Hall–Kier alpha value is -1.23. The minimum Gasteiger partial charge on any atom is -0.314 e. The molecule has 0 radical (unpaired) electrons. The first-order valence-corrected chi connectivity index (χ1v) is 6.96. The van der Waals surface area contributed by atoms with Gasteiger partial charge >= 0.3 is 0 Å². The molecule has 0 saturated heterocycles. The monoisotopic (exact) mass is 261 g/mol. The first-order chi connectivity index (χ1) is 8.78. The van der Waals surface area contributed by atoms with Gasteiger partial charge in [0, 0.05) is 25.0 Å². The average molecular weight is 261 g/mol. The molecule has 0 amide bonds. The van der Waals surface area contributed by atoms with Crippen molar-refractivity contribution in [3.8, 4) is 0 Å². The molecule has 0 fully saturated rings. The molecule has 0 aliphatic heterocycles. The van der Waals surface area contributed by atoms with Crippen LogP contribution in [0.3, 0.4) is 0 Å². The van der Waals surface area contributed by atoms with Gasteiger partial charge in [0.05, 0.1) is 5.69 Å². The van der Waals surface area contributed by atoms with E-state index in [-0.39, 0.29) is 0 Å². The normalized spacial score (nSPS) is 11.1. The lowest BCUT2D eigenvalue weighted by molar-refractivity contribution is 0.315. The number of rotatable bonds is 6. The van der Waals surface area contributed by atoms with Crippen molar-refractivity contribution in [1.82, 2.24) is 15.2 Å². The molecule has 1 N–H and O–H groups in total. The molecule has 3 nitrogen and oxygen atoms in total. The Bertz CT molecular complexity index is 467. The van der Waals surface area contributed by atoms with E-state index in [0.29, 0.717) is 0 Å². The SMILES string of the molecule is CNCc1nc(CN(C)Cc2ccccc2)cs1. The molecule has 0 aliphatic carbocycles. The van der Waals surface area contributed by atoms with Gasteiger partial charge in [-0.2, -0.15) is 0 Å². The molecule has 2 rings (SSSR count). The van der Waals surface area contributed by atoms with E-state index >= 15 is 0 Å². The quantitative estimate of drug-likeness (QED) is 0.866. The summed E-state index contributed by atoms with van der Waals surface area (Å²) >= 11 is 1.72. The molecule has 0 unspecified atom stereocenters. The minimum absolute atomic E-state index is 0.854. The van der Waals surface area contributed by atoms with Crippen LogP contribution in [0.2, 0.25) is 0 Å². The topological polar surface area (TPSA) is 28.2 Å². The van der Waals surface area contributed by atoms with Crippen molar-refractivity contribution < 1.29 is 0 Å². The summed E-state index contributed by atoms with van der Waals surface area (Å²) in [6.07, 6.45) is 0. The minimum atomic E-state index is 0.854. The Balaban J connectivity index is 1.88. The van der Waals surface area contributed by atoms with E-state index in [4.69, 9.17) is 0 Å². The van der Waals surface area contributed by atoms with Crippen LogP contribution in [-0.4, -0.2) is 24.0 Å². The molecule has 18 heavy (non-hydrogen) atoms. The third kappa shape index (κ3) is 3.91. The standard InChI is InChI=1S/C14H19N3S/c1-15-8-14-16-13(11-18-14)10-17(2)9-12-6-4-3-5-7-12/h3-7,11,15H,8-10H2,1-2H3. The van der Waals surface area contributed by atoms with Gasteiger partial charge in [0.2, 0.25) is 0 Å². The summed E-state index contributed by atoms with van der Waals surface area (Å²) < 4.78 is 0. The zero-order valence-electron chi connectivity index (χ0n) is 10.9. The van der Waals surface area contributed by atoms with Crippen LogP contribution in [0.1, 0.15) is 16.3 Å². The fourth-order valence-electron chi connectivity index (χ4n) is 1.88. The molecule has 1 heterocycles. The number of nitrogens with zero attached hydrogens (tertiary/aromatic N) is 2. The van der Waals surface area contributed by atoms with Gasteiger partial charge in [-0.25, -0.2) is 4.98 Å². The van der Waals surface area contributed by atoms with Crippen molar-refractivity contribution in [2.75, 3.05) is 14.1 Å². The maximum absolute atomic E-state index is 4.60. The highest BCUT2D eigenvalue weighted by Crippen LogP contribution is 2.12. The molecule has 96 valence electrons. The van der Waals surface area contributed by atoms with Gasteiger partial charge in [-0.15, -0.1) is 11.3 Å². The fourth-order valence-corrected chi connectivity index (χ4v) is 2.68. The second-order valence-corrected chi connectivity index (χ2v) is 5.36. The van der Waals surface area contributed by atoms with Crippen molar-refractivity contribution in [2.45, 2.75) is 19.6 Å². The molecule has 2 aromatic rings. The predicted octanol–water partition coefficient (Wildman–Crippen LogP) is 2.49. The van der Waals surface area contributed by atoms with Crippen LogP contribution in [0.5, 0.6) is 0 Å². The Morgan fingerprint density at radius 2 is 2.00 bits per heavy atom. The van der Waals surface area contributed by atoms with Gasteiger partial charge in [0.15, 0.2) is 0 Å². The van der Waals surface area contributed by atoms with Crippen LogP contribution in [0.25, 0.3) is 0 Å². The lowest BCUT2D eigenvalue weighted by atomic mass is 10.2. The van der Waals surface area contributed by atoms with E-state index in [1.165, 1.54) is 5.56 Å². The van der Waals surface area contributed by atoms with E-state index in [9.17, 15) is 0 Å². The third-order valence-corrected chi connectivity index (χ3v) is 3.55. The largest absolute Gasteiger partial charge is 0.314 e. The third-order valence-electron chi connectivity index (χ3n) is 2.65. The molecule has 4 heteroatoms. The average Bonchev–Trinajstić information content (AvgIpc) is 2.78. The maximum atomic E-state index is 4.60. The smallest absolute Gasteiger partial charge is 0.107 e. The molecular formula is C14H19N3S. The van der Waals surface area contributed by atoms with Gasteiger partial charge in [-0.05, 0) is 19.7 Å². The lowest BCUT2D eigenvalue weighted by Crippen LogP contribution is -2.17. The fraction of sp³-hybridized carbons (Fsp3) is 0.357. The van der Waals surface area contributed by atoms with Gasteiger partial charge in [-0.3, -0.25) is 4.90 Å². The van der Waals surface area contributed by atoms with Crippen LogP contribution < -0.4 is 5.32 Å². The van der Waals surface area contributed by atoms with E-state index in [1.54, 1.807) is 11.3 Å². The van der Waals surface area contributed by atoms with Crippen molar-refractivity contribution in [3.05, 3.63) is 52.0 Å². The number of thiazole rings is 1. The molecular weight excluding hydrogens is 242 g/mol. The molecule has 0 spiro atoms. The Morgan fingerprint density at radius 3 is 2.72 bits per heavy atom. The number of benzene rings is 1. The first kappa shape index (κ1) is 13.2. The van der Waals surface area contributed by atoms with Gasteiger partial charge in [-0.1, -0.05) is 30.3 Å². The highest BCUT2D eigenvalue weighted by molar-refractivity contribution is 7.09. The van der Waals surface area contributed by atoms with Gasteiger partial charge in [0.1, 0.15) is 5.01 Å². The summed E-state index contributed by atoms with van der Waals surface area (Å²) in [5.41, 5.74) is 2.49. The Kier molecular flexibility index (Phi) is 4.87.